The quantitative estimate of drug-likeness (QED) is 0.700. The van der Waals surface area contributed by atoms with E-state index in [9.17, 15) is 9.59 Å². The zero-order valence-electron chi connectivity index (χ0n) is 13.6. The largest absolute Gasteiger partial charge is 0.479 e. The van der Waals surface area contributed by atoms with Crippen LogP contribution in [0.4, 0.5) is 0 Å². The van der Waals surface area contributed by atoms with Crippen molar-refractivity contribution in [1.29, 1.82) is 0 Å². The zero-order valence-corrected chi connectivity index (χ0v) is 15.2. The highest BCUT2D eigenvalue weighted by atomic mass is 79.9. The second-order valence-corrected chi connectivity index (χ2v) is 6.54. The van der Waals surface area contributed by atoms with Crippen LogP contribution in [0.15, 0.2) is 56.1 Å². The van der Waals surface area contributed by atoms with Gasteiger partial charge in [0.05, 0.1) is 10.9 Å². The fourth-order valence-corrected chi connectivity index (χ4v) is 2.83. The zero-order chi connectivity index (χ0) is 18.1. The molecule has 0 saturated heterocycles. The summed E-state index contributed by atoms with van der Waals surface area (Å²) in [4.78, 5) is 23.8. The summed E-state index contributed by atoms with van der Waals surface area (Å²) in [7, 11) is 0. The van der Waals surface area contributed by atoms with Gasteiger partial charge in [0, 0.05) is 10.5 Å². The number of ether oxygens (including phenoxy) is 1. The highest BCUT2D eigenvalue weighted by Gasteiger charge is 2.16. The summed E-state index contributed by atoms with van der Waals surface area (Å²) in [5.74, 6) is -0.243. The summed E-state index contributed by atoms with van der Waals surface area (Å²) in [6.07, 6.45) is -0.993. The highest BCUT2D eigenvalue weighted by molar-refractivity contribution is 9.10. The molecule has 0 fully saturated rings. The van der Waals surface area contributed by atoms with Crippen LogP contribution in [0.1, 0.15) is 12.7 Å². The molecule has 1 N–H and O–H groups in total. The normalized spacial score (nSPS) is 12.1. The van der Waals surface area contributed by atoms with Crippen molar-refractivity contribution in [2.75, 3.05) is 0 Å². The Bertz CT molecular complexity index is 1000. The summed E-state index contributed by atoms with van der Waals surface area (Å²) in [5.41, 5.74) is 1.50. The second kappa shape index (κ2) is 6.72. The minimum absolute atomic E-state index is 0.140. The number of carboxylic acids is 1. The molecular formula is C19H15BrO5. The van der Waals surface area contributed by atoms with E-state index in [1.165, 1.54) is 13.0 Å². The predicted molar refractivity (Wildman–Crippen MR) is 98.1 cm³/mol. The maximum absolute atomic E-state index is 12.9. The van der Waals surface area contributed by atoms with Crippen LogP contribution in [0.3, 0.4) is 0 Å². The third kappa shape index (κ3) is 3.44. The number of aryl methyl sites for hydroxylation is 1. The van der Waals surface area contributed by atoms with Gasteiger partial charge in [0.1, 0.15) is 17.1 Å². The number of carboxylic acid groups (broad SMARTS) is 1. The van der Waals surface area contributed by atoms with E-state index in [4.69, 9.17) is 14.3 Å². The molecule has 1 atom stereocenters. The van der Waals surface area contributed by atoms with E-state index < -0.39 is 12.1 Å². The van der Waals surface area contributed by atoms with Gasteiger partial charge in [0.2, 0.25) is 5.43 Å². The van der Waals surface area contributed by atoms with Crippen molar-refractivity contribution < 1.29 is 19.1 Å². The molecule has 1 unspecified atom stereocenters. The summed E-state index contributed by atoms with van der Waals surface area (Å²) in [5, 5.41) is 9.34. The van der Waals surface area contributed by atoms with Crippen molar-refractivity contribution in [3.05, 3.63) is 62.9 Å². The Labute approximate surface area is 152 Å². The van der Waals surface area contributed by atoms with Gasteiger partial charge in [-0.15, -0.1) is 0 Å². The Hall–Kier alpha value is -2.60. The number of hydrogen-bond donors (Lipinski definition) is 1. The number of fused-ring (bicyclic) bond motifs is 1. The predicted octanol–water partition coefficient (Wildman–Crippen LogP) is 4.38. The van der Waals surface area contributed by atoms with Crippen LogP contribution < -0.4 is 10.2 Å². The number of benzene rings is 2. The van der Waals surface area contributed by atoms with Crippen molar-refractivity contribution in [3.8, 4) is 16.9 Å². The first-order valence-electron chi connectivity index (χ1n) is 7.59. The van der Waals surface area contributed by atoms with E-state index in [0.29, 0.717) is 28.0 Å². The maximum atomic E-state index is 12.9. The molecule has 3 aromatic rings. The molecule has 5 nitrogen and oxygen atoms in total. The Balaban J connectivity index is 2.10. The lowest BCUT2D eigenvalue weighted by atomic mass is 10.0. The molecule has 1 aromatic heterocycles. The molecule has 0 aliphatic rings. The molecule has 3 rings (SSSR count). The number of carbonyl (C=O) groups is 1. The minimum Gasteiger partial charge on any atom is -0.479 e. The van der Waals surface area contributed by atoms with Crippen LogP contribution in [0, 0.1) is 6.92 Å². The van der Waals surface area contributed by atoms with Crippen LogP contribution in [0.5, 0.6) is 5.75 Å². The first-order valence-corrected chi connectivity index (χ1v) is 8.39. The average Bonchev–Trinajstić information content (AvgIpc) is 2.56. The first kappa shape index (κ1) is 17.2. The molecule has 0 amide bonds. The van der Waals surface area contributed by atoms with E-state index in [2.05, 4.69) is 15.9 Å². The van der Waals surface area contributed by atoms with E-state index >= 15 is 0 Å². The van der Waals surface area contributed by atoms with E-state index in [1.807, 2.05) is 24.3 Å². The summed E-state index contributed by atoms with van der Waals surface area (Å²) in [6.45, 7) is 3.16. The highest BCUT2D eigenvalue weighted by Crippen LogP contribution is 2.27. The number of halogens is 1. The second-order valence-electron chi connectivity index (χ2n) is 5.63. The first-order chi connectivity index (χ1) is 11.9. The van der Waals surface area contributed by atoms with Crippen molar-refractivity contribution >= 4 is 32.9 Å². The van der Waals surface area contributed by atoms with E-state index in [1.54, 1.807) is 19.1 Å². The topological polar surface area (TPSA) is 76.7 Å². The molecule has 6 heteroatoms. The van der Waals surface area contributed by atoms with Crippen molar-refractivity contribution in [1.82, 2.24) is 0 Å². The lowest BCUT2D eigenvalue weighted by Crippen LogP contribution is -2.22. The third-order valence-electron chi connectivity index (χ3n) is 3.83. The summed E-state index contributed by atoms with van der Waals surface area (Å²) < 4.78 is 12.1. The molecule has 0 bridgehead atoms. The summed E-state index contributed by atoms with van der Waals surface area (Å²) in [6, 6.07) is 12.1. The van der Waals surface area contributed by atoms with Gasteiger partial charge in [-0.3, -0.25) is 4.79 Å². The van der Waals surface area contributed by atoms with Gasteiger partial charge in [-0.05, 0) is 43.7 Å². The molecule has 0 spiro atoms. The fourth-order valence-electron chi connectivity index (χ4n) is 2.56. The Morgan fingerprint density at radius 2 is 1.88 bits per heavy atom. The van der Waals surface area contributed by atoms with Gasteiger partial charge in [0.25, 0.3) is 0 Å². The molecule has 1 heterocycles. The van der Waals surface area contributed by atoms with Gasteiger partial charge in [-0.1, -0.05) is 28.1 Å². The molecule has 128 valence electrons. The van der Waals surface area contributed by atoms with E-state index in [0.717, 1.165) is 10.0 Å². The maximum Gasteiger partial charge on any atom is 0.344 e. The number of aliphatic carboxylic acids is 1. The number of hydrogen-bond acceptors (Lipinski definition) is 4. The summed E-state index contributed by atoms with van der Waals surface area (Å²) >= 11 is 3.38. The van der Waals surface area contributed by atoms with Crippen molar-refractivity contribution in [2.45, 2.75) is 20.0 Å². The molecular weight excluding hydrogens is 388 g/mol. The molecule has 0 radical (unpaired) electrons. The van der Waals surface area contributed by atoms with E-state index in [-0.39, 0.29) is 5.43 Å². The van der Waals surface area contributed by atoms with Gasteiger partial charge in [-0.25, -0.2) is 4.79 Å². The third-order valence-corrected chi connectivity index (χ3v) is 4.36. The lowest BCUT2D eigenvalue weighted by Gasteiger charge is -2.12. The fraction of sp³-hybridized carbons (Fsp3) is 0.158. The molecule has 0 aliphatic carbocycles. The number of rotatable bonds is 4. The van der Waals surface area contributed by atoms with Gasteiger partial charge >= 0.3 is 5.97 Å². The monoisotopic (exact) mass is 402 g/mol. The minimum atomic E-state index is -1.07. The standard InChI is InChI=1S/C19H15BrO5/c1-10-17(12-3-5-13(20)6-4-12)18(21)15-8-7-14(9-16(15)25-10)24-11(2)19(22)23/h3-9,11H,1-2H3,(H,22,23). The van der Waals surface area contributed by atoms with Crippen molar-refractivity contribution in [3.63, 3.8) is 0 Å². The van der Waals surface area contributed by atoms with Crippen LogP contribution >= 0.6 is 15.9 Å². The Morgan fingerprint density at radius 1 is 1.20 bits per heavy atom. The van der Waals surface area contributed by atoms with Crippen molar-refractivity contribution in [2.24, 2.45) is 0 Å². The lowest BCUT2D eigenvalue weighted by molar-refractivity contribution is -0.144. The van der Waals surface area contributed by atoms with Crippen LogP contribution in [-0.4, -0.2) is 17.2 Å². The molecule has 25 heavy (non-hydrogen) atoms. The van der Waals surface area contributed by atoms with Gasteiger partial charge in [0.15, 0.2) is 6.10 Å². The Kier molecular flexibility index (Phi) is 4.63. The molecule has 2 aromatic carbocycles. The smallest absolute Gasteiger partial charge is 0.344 e. The SMILES string of the molecule is Cc1oc2cc(OC(C)C(=O)O)ccc2c(=O)c1-c1ccc(Br)cc1. The van der Waals surface area contributed by atoms with Gasteiger partial charge in [-0.2, -0.15) is 0 Å². The van der Waals surface area contributed by atoms with Gasteiger partial charge < -0.3 is 14.3 Å². The van der Waals surface area contributed by atoms with Crippen LogP contribution in [0.25, 0.3) is 22.1 Å². The van der Waals surface area contributed by atoms with Crippen LogP contribution in [0.2, 0.25) is 0 Å². The van der Waals surface area contributed by atoms with Crippen LogP contribution in [-0.2, 0) is 4.79 Å². The Morgan fingerprint density at radius 3 is 2.52 bits per heavy atom. The average molecular weight is 403 g/mol. The molecule has 0 saturated carbocycles. The molecule has 0 aliphatic heterocycles.